The maximum absolute atomic E-state index is 12.0. The molecule has 1 N–H and O–H groups in total. The number of rotatable bonds is 5. The number of fused-ring (bicyclic) bond motifs is 1. The standard InChI is InChI=1S/C13H20F3NO2/c14-13(15,16)6-1-2-7-17-8-10-4-3-5-12(10,9-17)11(18)19/h10H,1-9H2,(H,18,19)/t10-,12+/m0/s1. The smallest absolute Gasteiger partial charge is 0.389 e. The summed E-state index contributed by atoms with van der Waals surface area (Å²) in [5.41, 5.74) is -0.621. The van der Waals surface area contributed by atoms with Crippen LogP contribution in [-0.4, -0.2) is 41.8 Å². The minimum absolute atomic E-state index is 0.130. The molecule has 1 aliphatic carbocycles. The first-order chi connectivity index (χ1) is 8.83. The molecule has 2 fully saturated rings. The largest absolute Gasteiger partial charge is 0.481 e. The van der Waals surface area contributed by atoms with Crippen LogP contribution in [0.25, 0.3) is 0 Å². The number of carbonyl (C=O) groups is 1. The molecular weight excluding hydrogens is 259 g/mol. The van der Waals surface area contributed by atoms with Gasteiger partial charge in [-0.3, -0.25) is 4.79 Å². The van der Waals surface area contributed by atoms with Gasteiger partial charge >= 0.3 is 12.1 Å². The van der Waals surface area contributed by atoms with Crippen molar-refractivity contribution in [2.75, 3.05) is 19.6 Å². The zero-order valence-corrected chi connectivity index (χ0v) is 10.9. The molecule has 19 heavy (non-hydrogen) atoms. The van der Waals surface area contributed by atoms with Crippen LogP contribution in [0.2, 0.25) is 0 Å². The molecule has 0 aromatic carbocycles. The van der Waals surface area contributed by atoms with Gasteiger partial charge < -0.3 is 10.0 Å². The van der Waals surface area contributed by atoms with E-state index < -0.39 is 24.0 Å². The second-order valence-electron chi connectivity index (χ2n) is 5.86. The highest BCUT2D eigenvalue weighted by atomic mass is 19.4. The molecule has 2 aliphatic rings. The fraction of sp³-hybridized carbons (Fsp3) is 0.923. The molecule has 1 saturated carbocycles. The number of aliphatic carboxylic acids is 1. The number of hydrogen-bond donors (Lipinski definition) is 1. The van der Waals surface area contributed by atoms with Crippen LogP contribution in [0.15, 0.2) is 0 Å². The molecule has 0 spiro atoms. The molecule has 0 aromatic rings. The molecule has 0 unspecified atom stereocenters. The summed E-state index contributed by atoms with van der Waals surface area (Å²) in [6.45, 7) is 1.83. The van der Waals surface area contributed by atoms with E-state index in [0.29, 0.717) is 25.9 Å². The highest BCUT2D eigenvalue weighted by Crippen LogP contribution is 2.48. The molecule has 0 amide bonds. The van der Waals surface area contributed by atoms with Crippen LogP contribution in [0.3, 0.4) is 0 Å². The van der Waals surface area contributed by atoms with Crippen LogP contribution >= 0.6 is 0 Å². The van der Waals surface area contributed by atoms with Crippen molar-refractivity contribution in [3.05, 3.63) is 0 Å². The Balaban J connectivity index is 1.78. The van der Waals surface area contributed by atoms with Gasteiger partial charge in [-0.05, 0) is 38.1 Å². The van der Waals surface area contributed by atoms with Crippen molar-refractivity contribution in [2.45, 2.75) is 44.7 Å². The summed E-state index contributed by atoms with van der Waals surface area (Å²) in [6.07, 6.45) is -1.60. The second-order valence-corrected chi connectivity index (χ2v) is 5.86. The van der Waals surface area contributed by atoms with Gasteiger partial charge in [0, 0.05) is 19.5 Å². The van der Waals surface area contributed by atoms with Gasteiger partial charge in [-0.1, -0.05) is 6.42 Å². The Kier molecular flexibility index (Phi) is 4.08. The maximum Gasteiger partial charge on any atom is 0.389 e. The molecule has 0 radical (unpaired) electrons. The maximum atomic E-state index is 12.0. The third-order valence-electron chi connectivity index (χ3n) is 4.55. The highest BCUT2D eigenvalue weighted by Gasteiger charge is 2.54. The van der Waals surface area contributed by atoms with Crippen molar-refractivity contribution in [1.29, 1.82) is 0 Å². The summed E-state index contributed by atoms with van der Waals surface area (Å²) in [4.78, 5) is 13.5. The van der Waals surface area contributed by atoms with E-state index in [4.69, 9.17) is 0 Å². The second kappa shape index (κ2) is 5.31. The van der Waals surface area contributed by atoms with Crippen LogP contribution in [0.5, 0.6) is 0 Å². The number of carboxylic acid groups (broad SMARTS) is 1. The summed E-state index contributed by atoms with van der Waals surface area (Å²) < 4.78 is 36.1. The first kappa shape index (κ1) is 14.6. The lowest BCUT2D eigenvalue weighted by molar-refractivity contribution is -0.149. The van der Waals surface area contributed by atoms with Crippen LogP contribution in [0.4, 0.5) is 13.2 Å². The molecule has 6 heteroatoms. The number of halogens is 3. The van der Waals surface area contributed by atoms with Gasteiger partial charge in [-0.2, -0.15) is 13.2 Å². The molecule has 0 aromatic heterocycles. The summed E-state index contributed by atoms with van der Waals surface area (Å²) >= 11 is 0. The average molecular weight is 279 g/mol. The Bertz CT molecular complexity index is 345. The molecule has 0 bridgehead atoms. The lowest BCUT2D eigenvalue weighted by Gasteiger charge is -2.23. The molecule has 1 saturated heterocycles. The van der Waals surface area contributed by atoms with E-state index in [0.717, 1.165) is 19.4 Å². The zero-order chi connectivity index (χ0) is 14.1. The zero-order valence-electron chi connectivity index (χ0n) is 10.9. The number of nitrogens with zero attached hydrogens (tertiary/aromatic N) is 1. The average Bonchev–Trinajstić information content (AvgIpc) is 2.79. The Hall–Kier alpha value is -0.780. The quantitative estimate of drug-likeness (QED) is 0.787. The Morgan fingerprint density at radius 3 is 2.68 bits per heavy atom. The minimum atomic E-state index is -4.08. The third-order valence-corrected chi connectivity index (χ3v) is 4.55. The molecule has 110 valence electrons. The van der Waals surface area contributed by atoms with Crippen molar-refractivity contribution in [2.24, 2.45) is 11.3 Å². The van der Waals surface area contributed by atoms with Crippen molar-refractivity contribution >= 4 is 5.97 Å². The molecule has 2 rings (SSSR count). The van der Waals surface area contributed by atoms with Gasteiger partial charge in [0.2, 0.25) is 0 Å². The van der Waals surface area contributed by atoms with E-state index >= 15 is 0 Å². The SMILES string of the molecule is O=C(O)[C@@]12CCC[C@H]1CN(CCCCC(F)(F)F)C2. The lowest BCUT2D eigenvalue weighted by Crippen LogP contribution is -2.35. The summed E-state index contributed by atoms with van der Waals surface area (Å²) in [6, 6.07) is 0. The van der Waals surface area contributed by atoms with Gasteiger partial charge in [-0.15, -0.1) is 0 Å². The van der Waals surface area contributed by atoms with Gasteiger partial charge in [0.1, 0.15) is 0 Å². The molecular formula is C13H20F3NO2. The monoisotopic (exact) mass is 279 g/mol. The summed E-state index contributed by atoms with van der Waals surface area (Å²) in [7, 11) is 0. The third kappa shape index (κ3) is 3.22. The lowest BCUT2D eigenvalue weighted by atomic mass is 9.81. The van der Waals surface area contributed by atoms with E-state index in [2.05, 4.69) is 0 Å². The summed E-state index contributed by atoms with van der Waals surface area (Å²) in [5, 5.41) is 9.39. The van der Waals surface area contributed by atoms with Crippen molar-refractivity contribution < 1.29 is 23.1 Å². The van der Waals surface area contributed by atoms with Gasteiger partial charge in [-0.25, -0.2) is 0 Å². The molecule has 1 aliphatic heterocycles. The molecule has 1 heterocycles. The van der Waals surface area contributed by atoms with Gasteiger partial charge in [0.25, 0.3) is 0 Å². The Morgan fingerprint density at radius 2 is 2.11 bits per heavy atom. The minimum Gasteiger partial charge on any atom is -0.481 e. The van der Waals surface area contributed by atoms with E-state index in [1.165, 1.54) is 0 Å². The van der Waals surface area contributed by atoms with Gasteiger partial charge in [0.05, 0.1) is 5.41 Å². The van der Waals surface area contributed by atoms with E-state index in [1.807, 2.05) is 4.90 Å². The van der Waals surface area contributed by atoms with Crippen LogP contribution in [0.1, 0.15) is 38.5 Å². The van der Waals surface area contributed by atoms with E-state index in [-0.39, 0.29) is 12.3 Å². The van der Waals surface area contributed by atoms with Crippen LogP contribution in [-0.2, 0) is 4.79 Å². The van der Waals surface area contributed by atoms with Crippen molar-refractivity contribution in [1.82, 2.24) is 4.90 Å². The molecule has 3 nitrogen and oxygen atoms in total. The Labute approximate surface area is 110 Å². The van der Waals surface area contributed by atoms with Crippen molar-refractivity contribution in [3.63, 3.8) is 0 Å². The number of alkyl halides is 3. The normalized spacial score (nSPS) is 31.6. The predicted octanol–water partition coefficient (Wildman–Crippen LogP) is 2.91. The van der Waals surface area contributed by atoms with E-state index in [1.54, 1.807) is 0 Å². The fourth-order valence-corrected chi connectivity index (χ4v) is 3.57. The first-order valence-corrected chi connectivity index (χ1v) is 6.86. The first-order valence-electron chi connectivity index (χ1n) is 6.86. The fourth-order valence-electron chi connectivity index (χ4n) is 3.57. The van der Waals surface area contributed by atoms with Crippen molar-refractivity contribution in [3.8, 4) is 0 Å². The topological polar surface area (TPSA) is 40.5 Å². The summed E-state index contributed by atoms with van der Waals surface area (Å²) in [5.74, 6) is -0.541. The number of unbranched alkanes of at least 4 members (excludes halogenated alkanes) is 1. The number of likely N-dealkylation sites (tertiary alicyclic amines) is 1. The van der Waals surface area contributed by atoms with Crippen LogP contribution in [0, 0.1) is 11.3 Å². The van der Waals surface area contributed by atoms with Gasteiger partial charge in [0.15, 0.2) is 0 Å². The number of carboxylic acids is 1. The van der Waals surface area contributed by atoms with E-state index in [9.17, 15) is 23.1 Å². The number of hydrogen-bond acceptors (Lipinski definition) is 2. The van der Waals surface area contributed by atoms with Crippen LogP contribution < -0.4 is 0 Å². The Morgan fingerprint density at radius 1 is 1.37 bits per heavy atom. The highest BCUT2D eigenvalue weighted by molar-refractivity contribution is 5.76. The predicted molar refractivity (Wildman–Crippen MR) is 63.8 cm³/mol. The molecule has 2 atom stereocenters.